The maximum Gasteiger partial charge on any atom is 0.261 e. The quantitative estimate of drug-likeness (QED) is 0.678. The minimum Gasteiger partial charge on any atom is -0.497 e. The summed E-state index contributed by atoms with van der Waals surface area (Å²) in [5.41, 5.74) is 0.532. The van der Waals surface area contributed by atoms with Crippen LogP contribution in [0.15, 0.2) is 24.3 Å². The van der Waals surface area contributed by atoms with E-state index in [0.29, 0.717) is 11.3 Å². The van der Waals surface area contributed by atoms with Crippen LogP contribution in [0.1, 0.15) is 10.4 Å². The van der Waals surface area contributed by atoms with Crippen LogP contribution >= 0.6 is 12.8 Å². The van der Waals surface area contributed by atoms with Crippen molar-refractivity contribution in [1.82, 2.24) is 4.72 Å². The lowest BCUT2D eigenvalue weighted by atomic mass is 10.2. The average Bonchev–Trinajstić information content (AvgIpc) is 2.17. The first-order valence-electron chi connectivity index (χ1n) is 3.36. The van der Waals surface area contributed by atoms with Gasteiger partial charge in [-0.25, -0.2) is 0 Å². The number of thiol groups is 1. The number of ether oxygens (including phenoxy) is 1. The number of carbonyl (C=O) groups excluding carboxylic acids is 1. The molecule has 0 aliphatic carbocycles. The lowest BCUT2D eigenvalue weighted by Gasteiger charge is -2.01. The molecule has 1 aromatic carbocycles. The molecule has 1 aromatic rings. The van der Waals surface area contributed by atoms with Crippen molar-refractivity contribution < 1.29 is 9.53 Å². The summed E-state index contributed by atoms with van der Waals surface area (Å²) < 4.78 is 7.18. The molecule has 3 nitrogen and oxygen atoms in total. The molecule has 0 aliphatic rings. The number of benzene rings is 1. The van der Waals surface area contributed by atoms with E-state index in [1.165, 1.54) is 0 Å². The van der Waals surface area contributed by atoms with Gasteiger partial charge in [0.05, 0.1) is 7.11 Å². The summed E-state index contributed by atoms with van der Waals surface area (Å²) in [7, 11) is 1.55. The van der Waals surface area contributed by atoms with Crippen molar-refractivity contribution in [3.8, 4) is 5.75 Å². The topological polar surface area (TPSA) is 38.3 Å². The first-order chi connectivity index (χ1) is 5.77. The molecule has 0 fully saturated rings. The minimum absolute atomic E-state index is 0.239. The number of methoxy groups -OCH3 is 1. The molecular formula is C8H9NO2S. The highest BCUT2D eigenvalue weighted by molar-refractivity contribution is 7.78. The number of hydrogen-bond acceptors (Lipinski definition) is 3. The lowest BCUT2D eigenvalue weighted by Crippen LogP contribution is -2.12. The standard InChI is InChI=1S/C8H9NO2S/c1-11-7-4-2-3-6(5-7)8(10)9-12/h2-5,12H,1H3,(H,9,10). The second-order valence-corrected chi connectivity index (χ2v) is 2.40. The largest absolute Gasteiger partial charge is 0.497 e. The van der Waals surface area contributed by atoms with E-state index in [1.807, 2.05) is 0 Å². The smallest absolute Gasteiger partial charge is 0.261 e. The molecule has 4 heteroatoms. The van der Waals surface area contributed by atoms with Crippen molar-refractivity contribution in [3.63, 3.8) is 0 Å². The second kappa shape index (κ2) is 4.01. The maximum atomic E-state index is 11.0. The molecule has 1 rings (SSSR count). The molecule has 12 heavy (non-hydrogen) atoms. The summed E-state index contributed by atoms with van der Waals surface area (Å²) in [6.07, 6.45) is 0. The highest BCUT2D eigenvalue weighted by atomic mass is 32.1. The first-order valence-corrected chi connectivity index (χ1v) is 3.81. The monoisotopic (exact) mass is 183 g/mol. The van der Waals surface area contributed by atoms with Gasteiger partial charge in [-0.3, -0.25) is 9.52 Å². The SMILES string of the molecule is COc1cccc(C(=O)NS)c1. The summed E-state index contributed by atoms with van der Waals surface area (Å²) in [5.74, 6) is 0.418. The molecular weight excluding hydrogens is 174 g/mol. The van der Waals surface area contributed by atoms with Crippen LogP contribution in [0.25, 0.3) is 0 Å². The molecule has 0 unspecified atom stereocenters. The van der Waals surface area contributed by atoms with Gasteiger partial charge in [-0.05, 0) is 18.2 Å². The van der Waals surface area contributed by atoms with Crippen LogP contribution in [0.4, 0.5) is 0 Å². The number of rotatable bonds is 2. The van der Waals surface area contributed by atoms with Crippen molar-refractivity contribution in [2.45, 2.75) is 0 Å². The van der Waals surface area contributed by atoms with Crippen LogP contribution < -0.4 is 9.46 Å². The minimum atomic E-state index is -0.239. The summed E-state index contributed by atoms with van der Waals surface area (Å²) >= 11 is 3.65. The van der Waals surface area contributed by atoms with E-state index in [1.54, 1.807) is 31.4 Å². The number of amides is 1. The predicted octanol–water partition coefficient (Wildman–Crippen LogP) is 1.27. The summed E-state index contributed by atoms with van der Waals surface area (Å²) in [4.78, 5) is 11.0. The summed E-state index contributed by atoms with van der Waals surface area (Å²) in [6, 6.07) is 6.85. The Bertz CT molecular complexity index is 288. The molecule has 0 aliphatic heterocycles. The van der Waals surface area contributed by atoms with Gasteiger partial charge in [0.2, 0.25) is 0 Å². The lowest BCUT2D eigenvalue weighted by molar-refractivity contribution is 0.0984. The Morgan fingerprint density at radius 2 is 2.33 bits per heavy atom. The van der Waals surface area contributed by atoms with Gasteiger partial charge in [0, 0.05) is 5.56 Å². The fourth-order valence-electron chi connectivity index (χ4n) is 0.829. The second-order valence-electron chi connectivity index (χ2n) is 2.17. The van der Waals surface area contributed by atoms with Crippen LogP contribution in [0.2, 0.25) is 0 Å². The van der Waals surface area contributed by atoms with Crippen molar-refractivity contribution in [2.75, 3.05) is 7.11 Å². The third-order valence-electron chi connectivity index (χ3n) is 1.43. The molecule has 64 valence electrons. The van der Waals surface area contributed by atoms with E-state index >= 15 is 0 Å². The molecule has 0 atom stereocenters. The van der Waals surface area contributed by atoms with Crippen molar-refractivity contribution >= 4 is 18.7 Å². The molecule has 0 bridgehead atoms. The predicted molar refractivity (Wildman–Crippen MR) is 49.4 cm³/mol. The number of hydrogen-bond donors (Lipinski definition) is 2. The van der Waals surface area contributed by atoms with Gasteiger partial charge < -0.3 is 4.74 Å². The van der Waals surface area contributed by atoms with E-state index < -0.39 is 0 Å². The third kappa shape index (κ3) is 1.92. The fraction of sp³-hybridized carbons (Fsp3) is 0.125. The summed E-state index contributed by atoms with van der Waals surface area (Å²) in [6.45, 7) is 0. The Morgan fingerprint density at radius 3 is 2.92 bits per heavy atom. The third-order valence-corrected chi connectivity index (χ3v) is 1.64. The van der Waals surface area contributed by atoms with E-state index in [4.69, 9.17) is 4.74 Å². The van der Waals surface area contributed by atoms with Gasteiger partial charge in [-0.15, -0.1) is 0 Å². The van der Waals surface area contributed by atoms with Gasteiger partial charge in [0.15, 0.2) is 0 Å². The molecule has 0 spiro atoms. The van der Waals surface area contributed by atoms with Crippen molar-refractivity contribution in [3.05, 3.63) is 29.8 Å². The highest BCUT2D eigenvalue weighted by Gasteiger charge is 2.02. The van der Waals surface area contributed by atoms with Crippen molar-refractivity contribution in [2.24, 2.45) is 0 Å². The van der Waals surface area contributed by atoms with Crippen molar-refractivity contribution in [1.29, 1.82) is 0 Å². The Hall–Kier alpha value is -1.16. The molecule has 0 saturated heterocycles. The Balaban J connectivity index is 2.93. The van der Waals surface area contributed by atoms with E-state index in [-0.39, 0.29) is 5.91 Å². The van der Waals surface area contributed by atoms with E-state index in [9.17, 15) is 4.79 Å². The van der Waals surface area contributed by atoms with Crippen LogP contribution in [-0.2, 0) is 0 Å². The number of nitrogens with one attached hydrogen (secondary N) is 1. The maximum absolute atomic E-state index is 11.0. The van der Waals surface area contributed by atoms with Crippen LogP contribution in [-0.4, -0.2) is 13.0 Å². The Morgan fingerprint density at radius 1 is 1.58 bits per heavy atom. The molecule has 0 saturated carbocycles. The zero-order valence-corrected chi connectivity index (χ0v) is 7.47. The summed E-state index contributed by atoms with van der Waals surface area (Å²) in [5, 5.41) is 0. The molecule has 0 heterocycles. The van der Waals surface area contributed by atoms with Crippen LogP contribution in [0, 0.1) is 0 Å². The van der Waals surface area contributed by atoms with Crippen LogP contribution in [0.3, 0.4) is 0 Å². The first kappa shape index (κ1) is 8.93. The molecule has 0 radical (unpaired) electrons. The number of carbonyl (C=O) groups is 1. The normalized spacial score (nSPS) is 9.17. The molecule has 1 amide bonds. The fourth-order valence-corrected chi connectivity index (χ4v) is 0.958. The zero-order chi connectivity index (χ0) is 8.97. The molecule has 1 N–H and O–H groups in total. The highest BCUT2D eigenvalue weighted by Crippen LogP contribution is 2.12. The van der Waals surface area contributed by atoms with E-state index in [2.05, 4.69) is 17.5 Å². The van der Waals surface area contributed by atoms with Gasteiger partial charge in [0.25, 0.3) is 5.91 Å². The Kier molecular flexibility index (Phi) is 2.99. The average molecular weight is 183 g/mol. The van der Waals surface area contributed by atoms with Gasteiger partial charge in [-0.2, -0.15) is 0 Å². The van der Waals surface area contributed by atoms with E-state index in [0.717, 1.165) is 0 Å². The van der Waals surface area contributed by atoms with Crippen LogP contribution in [0.5, 0.6) is 5.75 Å². The van der Waals surface area contributed by atoms with Gasteiger partial charge in [-0.1, -0.05) is 18.9 Å². The van der Waals surface area contributed by atoms with Gasteiger partial charge in [0.1, 0.15) is 5.75 Å². The van der Waals surface area contributed by atoms with Gasteiger partial charge >= 0.3 is 0 Å². The Labute approximate surface area is 76.3 Å². The molecule has 0 aromatic heterocycles. The zero-order valence-electron chi connectivity index (χ0n) is 6.57.